The van der Waals surface area contributed by atoms with Gasteiger partial charge >= 0.3 is 0 Å². The second kappa shape index (κ2) is 5.44. The molecular weight excluding hydrogens is 249 g/mol. The first-order valence-corrected chi connectivity index (χ1v) is 5.31. The zero-order valence-electron chi connectivity index (χ0n) is 9.15. The summed E-state index contributed by atoms with van der Waals surface area (Å²) in [7, 11) is 0. The molecule has 4 nitrogen and oxygen atoms in total. The molecule has 0 aromatic heterocycles. The lowest BCUT2D eigenvalue weighted by Gasteiger charge is -2.19. The highest BCUT2D eigenvalue weighted by atomic mass is 35.5. The van der Waals surface area contributed by atoms with Gasteiger partial charge in [-0.3, -0.25) is 4.79 Å². The minimum atomic E-state index is -1.38. The topological polar surface area (TPSA) is 83.6 Å². The Hall–Kier alpha value is -1.17. The molecule has 1 rings (SSSR count). The lowest BCUT2D eigenvalue weighted by atomic mass is 10.00. The van der Waals surface area contributed by atoms with Gasteiger partial charge in [0.05, 0.1) is 17.5 Å². The number of amides is 1. The first-order valence-electron chi connectivity index (χ1n) is 4.93. The van der Waals surface area contributed by atoms with Crippen molar-refractivity contribution >= 4 is 17.5 Å². The normalized spacial score (nSPS) is 14.4. The summed E-state index contributed by atoms with van der Waals surface area (Å²) >= 11 is 5.85. The SMILES string of the molecule is Cc1c(F)ccc(C(O)C(O)CC(N)=O)c1Cl. The molecule has 0 heterocycles. The van der Waals surface area contributed by atoms with Crippen LogP contribution in [0.25, 0.3) is 0 Å². The summed E-state index contributed by atoms with van der Waals surface area (Å²) in [6.07, 6.45) is -3.14. The molecule has 6 heteroatoms. The molecule has 0 saturated heterocycles. The van der Waals surface area contributed by atoms with E-state index in [2.05, 4.69) is 0 Å². The molecule has 17 heavy (non-hydrogen) atoms. The van der Waals surface area contributed by atoms with Crippen molar-refractivity contribution in [3.63, 3.8) is 0 Å². The number of primary amides is 1. The van der Waals surface area contributed by atoms with E-state index in [1.807, 2.05) is 0 Å². The van der Waals surface area contributed by atoms with Crippen molar-refractivity contribution in [2.75, 3.05) is 0 Å². The molecule has 4 N–H and O–H groups in total. The standard InChI is InChI=1S/C11H13ClFNO3/c1-5-7(13)3-2-6(10(5)12)11(17)8(15)4-9(14)16/h2-3,8,11,15,17H,4H2,1H3,(H2,14,16). The number of nitrogens with two attached hydrogens (primary N) is 1. The number of hydrogen-bond donors (Lipinski definition) is 3. The Labute approximate surface area is 103 Å². The fraction of sp³-hybridized carbons (Fsp3) is 0.364. The van der Waals surface area contributed by atoms with Crippen molar-refractivity contribution < 1.29 is 19.4 Å². The molecule has 0 radical (unpaired) electrons. The largest absolute Gasteiger partial charge is 0.390 e. The summed E-state index contributed by atoms with van der Waals surface area (Å²) in [5.74, 6) is -1.25. The molecule has 0 fully saturated rings. The third-order valence-electron chi connectivity index (χ3n) is 2.44. The Kier molecular flexibility index (Phi) is 4.45. The molecule has 0 aliphatic rings. The van der Waals surface area contributed by atoms with Crippen LogP contribution in [0.3, 0.4) is 0 Å². The van der Waals surface area contributed by atoms with Gasteiger partial charge in [-0.2, -0.15) is 0 Å². The van der Waals surface area contributed by atoms with Crippen LogP contribution in [0.1, 0.15) is 23.7 Å². The number of carbonyl (C=O) groups excluding carboxylic acids is 1. The zero-order valence-corrected chi connectivity index (χ0v) is 9.91. The number of aliphatic hydroxyl groups is 2. The highest BCUT2D eigenvalue weighted by Crippen LogP contribution is 2.30. The Morgan fingerprint density at radius 2 is 2.12 bits per heavy atom. The van der Waals surface area contributed by atoms with E-state index in [0.717, 1.165) is 6.07 Å². The van der Waals surface area contributed by atoms with Gasteiger partial charge in [-0.1, -0.05) is 17.7 Å². The number of benzene rings is 1. The third-order valence-corrected chi connectivity index (χ3v) is 2.95. The van der Waals surface area contributed by atoms with Crippen LogP contribution in [0.2, 0.25) is 5.02 Å². The van der Waals surface area contributed by atoms with Crippen LogP contribution >= 0.6 is 11.6 Å². The highest BCUT2D eigenvalue weighted by Gasteiger charge is 2.23. The van der Waals surface area contributed by atoms with E-state index < -0.39 is 30.4 Å². The van der Waals surface area contributed by atoms with Crippen LogP contribution in [0, 0.1) is 12.7 Å². The van der Waals surface area contributed by atoms with Crippen molar-refractivity contribution in [2.24, 2.45) is 5.73 Å². The van der Waals surface area contributed by atoms with Crippen LogP contribution in [0.4, 0.5) is 4.39 Å². The summed E-state index contributed by atoms with van der Waals surface area (Å²) in [5.41, 5.74) is 5.24. The van der Waals surface area contributed by atoms with Gasteiger partial charge in [0.1, 0.15) is 11.9 Å². The number of aliphatic hydroxyl groups excluding tert-OH is 2. The van der Waals surface area contributed by atoms with Crippen LogP contribution in [0.5, 0.6) is 0 Å². The van der Waals surface area contributed by atoms with Crippen molar-refractivity contribution in [3.8, 4) is 0 Å². The average molecular weight is 262 g/mol. The van der Waals surface area contributed by atoms with Gasteiger partial charge in [0.15, 0.2) is 0 Å². The Morgan fingerprint density at radius 3 is 2.65 bits per heavy atom. The lowest BCUT2D eigenvalue weighted by molar-refractivity contribution is -0.121. The second-order valence-corrected chi connectivity index (χ2v) is 4.14. The number of halogens is 2. The molecule has 1 aromatic carbocycles. The van der Waals surface area contributed by atoms with Crippen LogP contribution < -0.4 is 5.73 Å². The molecule has 2 atom stereocenters. The maximum Gasteiger partial charge on any atom is 0.220 e. The van der Waals surface area contributed by atoms with Crippen molar-refractivity contribution in [2.45, 2.75) is 25.6 Å². The molecule has 0 saturated carbocycles. The fourth-order valence-electron chi connectivity index (χ4n) is 1.44. The molecule has 2 unspecified atom stereocenters. The number of hydrogen-bond acceptors (Lipinski definition) is 3. The summed E-state index contributed by atoms with van der Waals surface area (Å²) < 4.78 is 13.1. The monoisotopic (exact) mass is 261 g/mol. The predicted octanol–water partition coefficient (Wildman–Crippen LogP) is 1.06. The van der Waals surface area contributed by atoms with Gasteiger partial charge in [0.25, 0.3) is 0 Å². The van der Waals surface area contributed by atoms with Crippen LogP contribution in [-0.2, 0) is 4.79 Å². The molecule has 1 aromatic rings. The van der Waals surface area contributed by atoms with Crippen molar-refractivity contribution in [3.05, 3.63) is 34.1 Å². The number of carbonyl (C=O) groups is 1. The molecule has 0 aliphatic heterocycles. The average Bonchev–Trinajstić information content (AvgIpc) is 2.24. The Morgan fingerprint density at radius 1 is 1.53 bits per heavy atom. The van der Waals surface area contributed by atoms with Gasteiger partial charge in [0, 0.05) is 11.1 Å². The Bertz CT molecular complexity index is 439. The molecule has 1 amide bonds. The first-order chi connectivity index (χ1) is 7.84. The van der Waals surface area contributed by atoms with Crippen molar-refractivity contribution in [1.29, 1.82) is 0 Å². The number of rotatable bonds is 4. The van der Waals surface area contributed by atoms with E-state index in [0.29, 0.717) is 0 Å². The summed E-state index contributed by atoms with van der Waals surface area (Å²) in [5, 5.41) is 19.3. The predicted molar refractivity (Wildman–Crippen MR) is 60.9 cm³/mol. The van der Waals surface area contributed by atoms with Gasteiger partial charge < -0.3 is 15.9 Å². The maximum absolute atomic E-state index is 13.1. The van der Waals surface area contributed by atoms with E-state index in [1.54, 1.807) is 0 Å². The van der Waals surface area contributed by atoms with E-state index in [9.17, 15) is 19.4 Å². The summed E-state index contributed by atoms with van der Waals surface area (Å²) in [4.78, 5) is 10.6. The minimum Gasteiger partial charge on any atom is -0.390 e. The van der Waals surface area contributed by atoms with Gasteiger partial charge in [-0.15, -0.1) is 0 Å². The summed E-state index contributed by atoms with van der Waals surface area (Å²) in [6, 6.07) is 2.40. The lowest BCUT2D eigenvalue weighted by Crippen LogP contribution is -2.26. The molecule has 94 valence electrons. The van der Waals surface area contributed by atoms with E-state index in [1.165, 1.54) is 13.0 Å². The second-order valence-electron chi connectivity index (χ2n) is 3.76. The van der Waals surface area contributed by atoms with E-state index in [-0.39, 0.29) is 16.1 Å². The summed E-state index contributed by atoms with van der Waals surface area (Å²) in [6.45, 7) is 1.45. The smallest absolute Gasteiger partial charge is 0.220 e. The fourth-order valence-corrected chi connectivity index (χ4v) is 1.70. The first kappa shape index (κ1) is 13.9. The van der Waals surface area contributed by atoms with Gasteiger partial charge in [-0.05, 0) is 13.0 Å². The quantitative estimate of drug-likeness (QED) is 0.758. The van der Waals surface area contributed by atoms with Crippen molar-refractivity contribution in [1.82, 2.24) is 0 Å². The maximum atomic E-state index is 13.1. The molecule has 0 bridgehead atoms. The Balaban J connectivity index is 3.00. The highest BCUT2D eigenvalue weighted by molar-refractivity contribution is 6.32. The van der Waals surface area contributed by atoms with Gasteiger partial charge in [0.2, 0.25) is 5.91 Å². The van der Waals surface area contributed by atoms with Crippen LogP contribution in [0.15, 0.2) is 12.1 Å². The van der Waals surface area contributed by atoms with Gasteiger partial charge in [-0.25, -0.2) is 4.39 Å². The van der Waals surface area contributed by atoms with E-state index in [4.69, 9.17) is 17.3 Å². The van der Waals surface area contributed by atoms with Crippen LogP contribution in [-0.4, -0.2) is 22.2 Å². The zero-order chi connectivity index (χ0) is 13.2. The van der Waals surface area contributed by atoms with E-state index >= 15 is 0 Å². The third kappa shape index (κ3) is 3.15. The molecular formula is C11H13ClFNO3. The molecule has 0 aliphatic carbocycles. The molecule has 0 spiro atoms. The minimum absolute atomic E-state index is 0.0287.